The average Bonchev–Trinajstić information content (AvgIpc) is 2.56. The lowest BCUT2D eigenvalue weighted by Gasteiger charge is -2.12. The molecule has 0 radical (unpaired) electrons. The number of nitrogens with zero attached hydrogens (tertiary/aromatic N) is 2. The molecule has 96 valence electrons. The van der Waals surface area contributed by atoms with Gasteiger partial charge in [-0.1, -0.05) is 36.2 Å². The number of hydrogen-bond acceptors (Lipinski definition) is 1. The Balaban J connectivity index is 2.70. The Morgan fingerprint density at radius 2 is 1.67 bits per heavy atom. The van der Waals surface area contributed by atoms with Crippen LogP contribution in [0.3, 0.4) is 0 Å². The van der Waals surface area contributed by atoms with Crippen molar-refractivity contribution in [2.75, 3.05) is 0 Å². The van der Waals surface area contributed by atoms with Crippen molar-refractivity contribution in [1.82, 2.24) is 9.78 Å². The van der Waals surface area contributed by atoms with E-state index in [1.807, 2.05) is 11.6 Å². The molecule has 1 aromatic carbocycles. The van der Waals surface area contributed by atoms with Crippen LogP contribution in [0.15, 0.2) is 12.1 Å². The minimum Gasteiger partial charge on any atom is -0.221 e. The van der Waals surface area contributed by atoms with Gasteiger partial charge in [-0.3, -0.25) is 0 Å². The van der Waals surface area contributed by atoms with Crippen LogP contribution in [0.2, 0.25) is 5.15 Å². The fourth-order valence-corrected chi connectivity index (χ4v) is 2.74. The Hall–Kier alpha value is -1.28. The summed E-state index contributed by atoms with van der Waals surface area (Å²) in [6.45, 7) is 10.5. The Morgan fingerprint density at radius 3 is 2.11 bits per heavy atom. The second-order valence-corrected chi connectivity index (χ2v) is 5.23. The number of aromatic nitrogens is 2. The first kappa shape index (κ1) is 13.2. The molecule has 0 fully saturated rings. The van der Waals surface area contributed by atoms with E-state index in [-0.39, 0.29) is 0 Å². The van der Waals surface area contributed by atoms with Gasteiger partial charge in [0.25, 0.3) is 0 Å². The van der Waals surface area contributed by atoms with Crippen LogP contribution >= 0.6 is 11.6 Å². The van der Waals surface area contributed by atoms with E-state index in [2.05, 4.69) is 44.9 Å². The van der Waals surface area contributed by atoms with E-state index in [0.717, 1.165) is 28.5 Å². The molecule has 0 unspecified atom stereocenters. The quantitative estimate of drug-likeness (QED) is 0.788. The lowest BCUT2D eigenvalue weighted by molar-refractivity contribution is 0.829. The number of hydrogen-bond donors (Lipinski definition) is 0. The Labute approximate surface area is 114 Å². The summed E-state index contributed by atoms with van der Waals surface area (Å²) in [4.78, 5) is 0. The highest BCUT2D eigenvalue weighted by Crippen LogP contribution is 2.27. The molecule has 0 N–H and O–H groups in total. The van der Waals surface area contributed by atoms with Crippen molar-refractivity contribution in [3.05, 3.63) is 45.2 Å². The molecule has 0 aliphatic rings. The van der Waals surface area contributed by atoms with Gasteiger partial charge >= 0.3 is 0 Å². The monoisotopic (exact) mass is 262 g/mol. The third-order valence-corrected chi connectivity index (χ3v) is 3.77. The third-order valence-electron chi connectivity index (χ3n) is 3.33. The highest BCUT2D eigenvalue weighted by molar-refractivity contribution is 6.30. The first-order valence-corrected chi connectivity index (χ1v) is 6.65. The van der Waals surface area contributed by atoms with Gasteiger partial charge in [-0.25, -0.2) is 4.68 Å². The van der Waals surface area contributed by atoms with Crippen LogP contribution < -0.4 is 0 Å². The minimum atomic E-state index is 0.724. The van der Waals surface area contributed by atoms with Crippen LogP contribution in [0.1, 0.15) is 34.9 Å². The average molecular weight is 263 g/mol. The first-order chi connectivity index (χ1) is 8.45. The molecule has 0 aliphatic carbocycles. The zero-order valence-electron chi connectivity index (χ0n) is 11.6. The fraction of sp³-hybridized carbons (Fsp3) is 0.400. The number of halogens is 1. The molecule has 0 aliphatic heterocycles. The number of rotatable bonds is 2. The predicted molar refractivity (Wildman–Crippen MR) is 76.9 cm³/mol. The molecule has 0 saturated heterocycles. The molecule has 1 heterocycles. The number of benzene rings is 1. The summed E-state index contributed by atoms with van der Waals surface area (Å²) < 4.78 is 1.87. The van der Waals surface area contributed by atoms with E-state index in [0.29, 0.717) is 0 Å². The van der Waals surface area contributed by atoms with E-state index in [1.54, 1.807) is 0 Å². The second kappa shape index (κ2) is 4.77. The van der Waals surface area contributed by atoms with Gasteiger partial charge in [0.2, 0.25) is 0 Å². The lowest BCUT2D eigenvalue weighted by Crippen LogP contribution is -2.03. The van der Waals surface area contributed by atoms with E-state index in [9.17, 15) is 0 Å². The van der Waals surface area contributed by atoms with Crippen LogP contribution in [-0.2, 0) is 6.42 Å². The van der Waals surface area contributed by atoms with Gasteiger partial charge < -0.3 is 0 Å². The van der Waals surface area contributed by atoms with Crippen LogP contribution in [0.5, 0.6) is 0 Å². The molecule has 0 amide bonds. The highest BCUT2D eigenvalue weighted by atomic mass is 35.5. The molecule has 0 atom stereocenters. The molecule has 2 rings (SSSR count). The molecule has 18 heavy (non-hydrogen) atoms. The van der Waals surface area contributed by atoms with Gasteiger partial charge in [0.05, 0.1) is 11.4 Å². The molecular formula is C15H19ClN2. The maximum absolute atomic E-state index is 6.41. The van der Waals surface area contributed by atoms with E-state index in [4.69, 9.17) is 11.6 Å². The van der Waals surface area contributed by atoms with Crippen LogP contribution in [-0.4, -0.2) is 9.78 Å². The first-order valence-electron chi connectivity index (χ1n) is 6.28. The Kier molecular flexibility index (Phi) is 3.49. The third kappa shape index (κ3) is 2.05. The maximum Gasteiger partial charge on any atom is 0.136 e. The molecule has 1 aromatic heterocycles. The zero-order valence-corrected chi connectivity index (χ0v) is 12.4. The molecule has 0 saturated carbocycles. The predicted octanol–water partition coefficient (Wildman–Crippen LogP) is 4.32. The highest BCUT2D eigenvalue weighted by Gasteiger charge is 2.15. The summed E-state index contributed by atoms with van der Waals surface area (Å²) in [6, 6.07) is 4.34. The van der Waals surface area contributed by atoms with E-state index in [1.165, 1.54) is 16.7 Å². The molecule has 2 nitrogen and oxygen atoms in total. The maximum atomic E-state index is 6.41. The van der Waals surface area contributed by atoms with Gasteiger partial charge in [-0.05, 0) is 45.2 Å². The standard InChI is InChI=1S/C15H19ClN2/c1-6-13-12(5)15(16)18(17-13)14-10(3)7-9(2)8-11(14)4/h7-8H,6H2,1-5H3. The summed E-state index contributed by atoms with van der Waals surface area (Å²) in [5.41, 5.74) is 6.94. The SMILES string of the molecule is CCc1nn(-c2c(C)cc(C)cc2C)c(Cl)c1C. The lowest BCUT2D eigenvalue weighted by atomic mass is 10.1. The van der Waals surface area contributed by atoms with Crippen molar-refractivity contribution in [3.63, 3.8) is 0 Å². The van der Waals surface area contributed by atoms with Crippen molar-refractivity contribution >= 4 is 11.6 Å². The topological polar surface area (TPSA) is 17.8 Å². The van der Waals surface area contributed by atoms with Crippen molar-refractivity contribution in [2.24, 2.45) is 0 Å². The van der Waals surface area contributed by atoms with E-state index >= 15 is 0 Å². The van der Waals surface area contributed by atoms with Crippen LogP contribution in [0.25, 0.3) is 5.69 Å². The van der Waals surface area contributed by atoms with Crippen molar-refractivity contribution in [2.45, 2.75) is 41.0 Å². The van der Waals surface area contributed by atoms with Gasteiger partial charge in [0.1, 0.15) is 5.15 Å². The summed E-state index contributed by atoms with van der Waals surface area (Å²) in [5, 5.41) is 5.36. The molecule has 3 heteroatoms. The molecular weight excluding hydrogens is 244 g/mol. The fourth-order valence-electron chi connectivity index (χ4n) is 2.51. The van der Waals surface area contributed by atoms with Crippen molar-refractivity contribution in [3.8, 4) is 5.69 Å². The zero-order chi connectivity index (χ0) is 13.4. The second-order valence-electron chi connectivity index (χ2n) is 4.88. The van der Waals surface area contributed by atoms with Crippen LogP contribution in [0, 0.1) is 27.7 Å². The Bertz CT molecular complexity index is 574. The van der Waals surface area contributed by atoms with Crippen molar-refractivity contribution < 1.29 is 0 Å². The largest absolute Gasteiger partial charge is 0.221 e. The van der Waals surface area contributed by atoms with Gasteiger partial charge in [0.15, 0.2) is 0 Å². The number of aryl methyl sites for hydroxylation is 4. The summed E-state index contributed by atoms with van der Waals surface area (Å²) in [5.74, 6) is 0. The Morgan fingerprint density at radius 1 is 1.11 bits per heavy atom. The molecule has 0 spiro atoms. The van der Waals surface area contributed by atoms with Gasteiger partial charge in [-0.15, -0.1) is 0 Å². The smallest absolute Gasteiger partial charge is 0.136 e. The summed E-state index contributed by atoms with van der Waals surface area (Å²) in [6.07, 6.45) is 0.905. The normalized spacial score (nSPS) is 11.0. The summed E-state index contributed by atoms with van der Waals surface area (Å²) >= 11 is 6.41. The van der Waals surface area contributed by atoms with Crippen LogP contribution in [0.4, 0.5) is 0 Å². The molecule has 0 bridgehead atoms. The minimum absolute atomic E-state index is 0.724. The van der Waals surface area contributed by atoms with Crippen molar-refractivity contribution in [1.29, 1.82) is 0 Å². The summed E-state index contributed by atoms with van der Waals surface area (Å²) in [7, 11) is 0. The van der Waals surface area contributed by atoms with Gasteiger partial charge in [0, 0.05) is 5.56 Å². The van der Waals surface area contributed by atoms with E-state index < -0.39 is 0 Å². The van der Waals surface area contributed by atoms with Gasteiger partial charge in [-0.2, -0.15) is 5.10 Å². The molecule has 2 aromatic rings.